The number of fused-ring (bicyclic) bond motifs is 1. The van der Waals surface area contributed by atoms with E-state index >= 15 is 0 Å². The Labute approximate surface area is 178 Å². The van der Waals surface area contributed by atoms with Crippen molar-refractivity contribution in [3.8, 4) is 0 Å². The topological polar surface area (TPSA) is 62.3 Å². The summed E-state index contributed by atoms with van der Waals surface area (Å²) in [6.45, 7) is 0.633. The lowest BCUT2D eigenvalue weighted by Crippen LogP contribution is -2.32. The zero-order valence-electron chi connectivity index (χ0n) is 16.0. The van der Waals surface area contributed by atoms with Gasteiger partial charge in [0.1, 0.15) is 5.82 Å². The predicted molar refractivity (Wildman–Crippen MR) is 111 cm³/mol. The number of nitrogens with zero attached hydrogens (tertiary/aromatic N) is 2. The molecule has 2 heterocycles. The van der Waals surface area contributed by atoms with Gasteiger partial charge >= 0.3 is 0 Å². The van der Waals surface area contributed by atoms with Crippen LogP contribution >= 0.6 is 11.6 Å². The molecule has 5 nitrogen and oxygen atoms in total. The molecular formula is C23H19ClFN3O2. The zero-order chi connectivity index (χ0) is 21.1. The number of carbonyl (C=O) groups excluding carboxylic acids is 2. The lowest BCUT2D eigenvalue weighted by molar-refractivity contribution is -0.122. The summed E-state index contributed by atoms with van der Waals surface area (Å²) >= 11 is 5.89. The fraction of sp³-hybridized carbons (Fsp3) is 0.174. The highest BCUT2D eigenvalue weighted by Gasteiger charge is 2.38. The summed E-state index contributed by atoms with van der Waals surface area (Å²) in [5.74, 6) is -0.710. The number of carbonyl (C=O) groups is 2. The van der Waals surface area contributed by atoms with Crippen LogP contribution in [0.1, 0.15) is 39.6 Å². The molecule has 0 saturated heterocycles. The summed E-state index contributed by atoms with van der Waals surface area (Å²) in [6.07, 6.45) is 1.71. The minimum absolute atomic E-state index is 0.0878. The Kier molecular flexibility index (Phi) is 5.77. The number of benzene rings is 2. The van der Waals surface area contributed by atoms with Gasteiger partial charge in [-0.2, -0.15) is 0 Å². The quantitative estimate of drug-likeness (QED) is 0.643. The van der Waals surface area contributed by atoms with Gasteiger partial charge in [0, 0.05) is 24.3 Å². The highest BCUT2D eigenvalue weighted by atomic mass is 35.5. The van der Waals surface area contributed by atoms with Crippen molar-refractivity contribution < 1.29 is 14.0 Å². The maximum absolute atomic E-state index is 13.2. The lowest BCUT2D eigenvalue weighted by Gasteiger charge is -2.24. The number of amides is 2. The molecule has 3 aromatic rings. The molecule has 0 radical (unpaired) electrons. The van der Waals surface area contributed by atoms with Gasteiger partial charge < -0.3 is 10.2 Å². The average Bonchev–Trinajstić information content (AvgIpc) is 3.01. The summed E-state index contributed by atoms with van der Waals surface area (Å²) in [5, 5.41) is 3.52. The molecule has 7 heteroatoms. The first-order valence-corrected chi connectivity index (χ1v) is 9.90. The molecule has 4 rings (SSSR count). The smallest absolute Gasteiger partial charge is 0.256 e. The van der Waals surface area contributed by atoms with Gasteiger partial charge in [0.15, 0.2) is 0 Å². The second-order valence-corrected chi connectivity index (χ2v) is 7.56. The Morgan fingerprint density at radius 3 is 2.50 bits per heavy atom. The SMILES string of the molecule is O=C(CC1c2ncccc2C(=O)N1Cc1ccc(F)cc1)NCc1ccc(Cl)cc1. The lowest BCUT2D eigenvalue weighted by atomic mass is 10.1. The van der Waals surface area contributed by atoms with Crippen LogP contribution in [0.3, 0.4) is 0 Å². The van der Waals surface area contributed by atoms with E-state index in [1.165, 1.54) is 12.1 Å². The van der Waals surface area contributed by atoms with Gasteiger partial charge in [0.25, 0.3) is 5.91 Å². The molecule has 152 valence electrons. The van der Waals surface area contributed by atoms with Gasteiger partial charge in [0.2, 0.25) is 5.91 Å². The van der Waals surface area contributed by atoms with Crippen LogP contribution in [0.2, 0.25) is 5.02 Å². The molecule has 0 saturated carbocycles. The average molecular weight is 424 g/mol. The molecule has 0 fully saturated rings. The molecule has 1 atom stereocenters. The summed E-state index contributed by atoms with van der Waals surface area (Å²) in [7, 11) is 0. The third-order valence-corrected chi connectivity index (χ3v) is 5.32. The third-order valence-electron chi connectivity index (χ3n) is 5.07. The minimum atomic E-state index is -0.482. The van der Waals surface area contributed by atoms with E-state index in [4.69, 9.17) is 11.6 Å². The molecule has 2 aromatic carbocycles. The van der Waals surface area contributed by atoms with E-state index in [1.54, 1.807) is 47.5 Å². The Bertz CT molecular complexity index is 1070. The van der Waals surface area contributed by atoms with E-state index in [-0.39, 0.29) is 30.6 Å². The minimum Gasteiger partial charge on any atom is -0.352 e. The largest absolute Gasteiger partial charge is 0.352 e. The molecule has 1 aliphatic rings. The van der Waals surface area contributed by atoms with Crippen LogP contribution < -0.4 is 5.32 Å². The Morgan fingerprint density at radius 1 is 1.07 bits per heavy atom. The summed E-state index contributed by atoms with van der Waals surface area (Å²) in [5.41, 5.74) is 2.79. The molecule has 1 N–H and O–H groups in total. The second-order valence-electron chi connectivity index (χ2n) is 7.12. The predicted octanol–water partition coefficient (Wildman–Crippen LogP) is 4.28. The molecule has 1 aromatic heterocycles. The third kappa shape index (κ3) is 4.33. The summed E-state index contributed by atoms with van der Waals surface area (Å²) in [6, 6.07) is 16.1. The van der Waals surface area contributed by atoms with E-state index < -0.39 is 6.04 Å². The van der Waals surface area contributed by atoms with Crippen LogP contribution in [-0.2, 0) is 17.9 Å². The van der Waals surface area contributed by atoms with Crippen LogP contribution in [0.5, 0.6) is 0 Å². The monoisotopic (exact) mass is 423 g/mol. The standard InChI is InChI=1S/C23H19ClFN3O2/c24-17-7-3-15(4-8-17)13-27-21(29)12-20-22-19(2-1-11-26-22)23(30)28(20)14-16-5-9-18(25)10-6-16/h1-11,20H,12-14H2,(H,27,29). The van der Waals surface area contributed by atoms with Crippen molar-refractivity contribution in [3.05, 3.63) is 100 Å². The van der Waals surface area contributed by atoms with E-state index in [0.717, 1.165) is 11.1 Å². The zero-order valence-corrected chi connectivity index (χ0v) is 16.8. The maximum Gasteiger partial charge on any atom is 0.256 e. The Hall–Kier alpha value is -3.25. The molecule has 0 aliphatic carbocycles. The van der Waals surface area contributed by atoms with Crippen LogP contribution in [0.4, 0.5) is 4.39 Å². The Balaban J connectivity index is 1.50. The van der Waals surface area contributed by atoms with Crippen molar-refractivity contribution in [2.45, 2.75) is 25.6 Å². The number of halogens is 2. The molecule has 2 amide bonds. The highest BCUT2D eigenvalue weighted by Crippen LogP contribution is 2.35. The highest BCUT2D eigenvalue weighted by molar-refractivity contribution is 6.30. The van der Waals surface area contributed by atoms with Gasteiger partial charge in [-0.15, -0.1) is 0 Å². The van der Waals surface area contributed by atoms with E-state index in [2.05, 4.69) is 10.3 Å². The van der Waals surface area contributed by atoms with Crippen molar-refractivity contribution in [1.29, 1.82) is 0 Å². The van der Waals surface area contributed by atoms with Crippen LogP contribution in [-0.4, -0.2) is 21.7 Å². The molecule has 0 bridgehead atoms. The van der Waals surface area contributed by atoms with Crippen LogP contribution in [0.25, 0.3) is 0 Å². The number of aromatic nitrogens is 1. The maximum atomic E-state index is 13.2. The molecule has 1 unspecified atom stereocenters. The first-order valence-electron chi connectivity index (χ1n) is 9.53. The summed E-state index contributed by atoms with van der Waals surface area (Å²) in [4.78, 5) is 31.6. The fourth-order valence-electron chi connectivity index (χ4n) is 3.53. The van der Waals surface area contributed by atoms with Crippen molar-refractivity contribution in [1.82, 2.24) is 15.2 Å². The van der Waals surface area contributed by atoms with Crippen molar-refractivity contribution >= 4 is 23.4 Å². The van der Waals surface area contributed by atoms with Crippen LogP contribution in [0, 0.1) is 5.82 Å². The molecule has 0 spiro atoms. The number of hydrogen-bond donors (Lipinski definition) is 1. The van der Waals surface area contributed by atoms with E-state index in [0.29, 0.717) is 22.8 Å². The summed E-state index contributed by atoms with van der Waals surface area (Å²) < 4.78 is 13.2. The van der Waals surface area contributed by atoms with Gasteiger partial charge in [-0.1, -0.05) is 35.9 Å². The number of nitrogens with one attached hydrogen (secondary N) is 1. The van der Waals surface area contributed by atoms with E-state index in [9.17, 15) is 14.0 Å². The van der Waals surface area contributed by atoms with E-state index in [1.807, 2.05) is 12.1 Å². The van der Waals surface area contributed by atoms with Crippen molar-refractivity contribution in [3.63, 3.8) is 0 Å². The molecular weight excluding hydrogens is 405 g/mol. The fourth-order valence-corrected chi connectivity index (χ4v) is 3.66. The first kappa shape index (κ1) is 20.0. The van der Waals surface area contributed by atoms with Gasteiger partial charge in [-0.25, -0.2) is 4.39 Å². The first-order chi connectivity index (χ1) is 14.5. The number of pyridine rings is 1. The van der Waals surface area contributed by atoms with Gasteiger partial charge in [0.05, 0.1) is 23.7 Å². The van der Waals surface area contributed by atoms with Crippen molar-refractivity contribution in [2.75, 3.05) is 0 Å². The Morgan fingerprint density at radius 2 is 1.77 bits per heavy atom. The van der Waals surface area contributed by atoms with Gasteiger partial charge in [-0.05, 0) is 47.5 Å². The molecule has 1 aliphatic heterocycles. The second kappa shape index (κ2) is 8.63. The number of rotatable bonds is 6. The molecule has 30 heavy (non-hydrogen) atoms. The number of hydrogen-bond acceptors (Lipinski definition) is 3. The van der Waals surface area contributed by atoms with Crippen molar-refractivity contribution in [2.24, 2.45) is 0 Å². The van der Waals surface area contributed by atoms with Crippen LogP contribution in [0.15, 0.2) is 66.9 Å². The van der Waals surface area contributed by atoms with Gasteiger partial charge in [-0.3, -0.25) is 14.6 Å². The normalized spacial score (nSPS) is 15.2.